The van der Waals surface area contributed by atoms with E-state index < -0.39 is 11.4 Å². The molecule has 0 unspecified atom stereocenters. The van der Waals surface area contributed by atoms with Gasteiger partial charge in [-0.1, -0.05) is 60.7 Å². The van der Waals surface area contributed by atoms with Gasteiger partial charge < -0.3 is 21.1 Å². The molecule has 0 radical (unpaired) electrons. The van der Waals surface area contributed by atoms with Gasteiger partial charge in [0.05, 0.1) is 34.4 Å². The highest BCUT2D eigenvalue weighted by atomic mass is 16.4. The third kappa shape index (κ3) is 4.90. The number of anilines is 2. The van der Waals surface area contributed by atoms with Crippen LogP contribution in [0.4, 0.5) is 11.4 Å². The van der Waals surface area contributed by atoms with Crippen molar-refractivity contribution in [3.05, 3.63) is 95.1 Å². The van der Waals surface area contributed by atoms with Crippen molar-refractivity contribution in [2.75, 3.05) is 23.7 Å². The molecule has 0 spiro atoms. The summed E-state index contributed by atoms with van der Waals surface area (Å²) in [6.07, 6.45) is 0.771. The number of hydrogen-bond acceptors (Lipinski definition) is 5. The number of aliphatic carboxylic acids is 1. The van der Waals surface area contributed by atoms with Gasteiger partial charge in [-0.25, -0.2) is 0 Å². The van der Waals surface area contributed by atoms with Gasteiger partial charge in [-0.05, 0) is 55.6 Å². The zero-order valence-electron chi connectivity index (χ0n) is 19.5. The summed E-state index contributed by atoms with van der Waals surface area (Å²) < 4.78 is 0. The zero-order chi connectivity index (χ0) is 24.1. The Balaban J connectivity index is 1.51. The van der Waals surface area contributed by atoms with E-state index in [1.54, 1.807) is 13.8 Å². The van der Waals surface area contributed by atoms with Crippen molar-refractivity contribution in [3.63, 3.8) is 0 Å². The number of nitrogens with one attached hydrogen (secondary N) is 3. The van der Waals surface area contributed by atoms with Crippen LogP contribution >= 0.6 is 0 Å². The molecule has 1 aliphatic rings. The molecule has 6 nitrogen and oxygen atoms in total. The highest BCUT2D eigenvalue weighted by Gasteiger charge is 2.30. The van der Waals surface area contributed by atoms with E-state index in [1.807, 2.05) is 60.7 Å². The monoisotopic (exact) mass is 454 g/mol. The molecule has 6 heteroatoms. The molecule has 1 heterocycles. The summed E-state index contributed by atoms with van der Waals surface area (Å²) in [5.74, 6) is -0.834. The number of para-hydroxylation sites is 1. The number of benzene rings is 3. The molecule has 4 rings (SSSR count). The zero-order valence-corrected chi connectivity index (χ0v) is 19.5. The second-order valence-electron chi connectivity index (χ2n) is 9.19. The minimum absolute atomic E-state index is 0.0206. The van der Waals surface area contributed by atoms with Crippen molar-refractivity contribution >= 4 is 17.3 Å². The smallest absolute Gasteiger partial charge is 0.313 e. The Labute approximate surface area is 200 Å². The van der Waals surface area contributed by atoms with Crippen LogP contribution in [0.3, 0.4) is 0 Å². The Morgan fingerprint density at radius 3 is 2.65 bits per heavy atom. The maximum atomic E-state index is 11.7. The molecule has 0 amide bonds. The summed E-state index contributed by atoms with van der Waals surface area (Å²) in [4.78, 5) is 11.7. The molecule has 0 aromatic heterocycles. The van der Waals surface area contributed by atoms with Gasteiger partial charge in [0.1, 0.15) is 6.07 Å². The topological polar surface area (TPSA) is 97.2 Å². The van der Waals surface area contributed by atoms with Crippen LogP contribution in [0.25, 0.3) is 0 Å². The van der Waals surface area contributed by atoms with Gasteiger partial charge in [-0.3, -0.25) is 4.79 Å². The summed E-state index contributed by atoms with van der Waals surface area (Å²) >= 11 is 0. The lowest BCUT2D eigenvalue weighted by molar-refractivity contribution is -0.142. The molecule has 34 heavy (non-hydrogen) atoms. The molecule has 1 aliphatic heterocycles. The van der Waals surface area contributed by atoms with Crippen molar-refractivity contribution in [3.8, 4) is 6.07 Å². The molecule has 0 bridgehead atoms. The number of nitrogens with zero attached hydrogens (tertiary/aromatic N) is 1. The van der Waals surface area contributed by atoms with Gasteiger partial charge in [0, 0.05) is 6.54 Å². The third-order valence-electron chi connectivity index (χ3n) is 6.55. The molecule has 0 fully saturated rings. The first-order valence-corrected chi connectivity index (χ1v) is 11.5. The first-order chi connectivity index (χ1) is 16.4. The highest BCUT2D eigenvalue weighted by Crippen LogP contribution is 2.33. The summed E-state index contributed by atoms with van der Waals surface area (Å²) in [6, 6.07) is 26.2. The Kier molecular flexibility index (Phi) is 6.85. The third-order valence-corrected chi connectivity index (χ3v) is 6.55. The second kappa shape index (κ2) is 9.98. The van der Waals surface area contributed by atoms with Crippen LogP contribution in [0.2, 0.25) is 0 Å². The molecule has 3 aromatic rings. The molecule has 174 valence electrons. The molecular weight excluding hydrogens is 424 g/mol. The quantitative estimate of drug-likeness (QED) is 0.394. The normalized spacial score (nSPS) is 15.9. The van der Waals surface area contributed by atoms with E-state index in [0.717, 1.165) is 42.0 Å². The van der Waals surface area contributed by atoms with E-state index in [-0.39, 0.29) is 12.1 Å². The molecular formula is C28H30N4O2. The maximum absolute atomic E-state index is 11.7. The lowest BCUT2D eigenvalue weighted by Gasteiger charge is -2.35. The van der Waals surface area contributed by atoms with Gasteiger partial charge in [0.2, 0.25) is 0 Å². The first-order valence-electron chi connectivity index (χ1n) is 11.5. The average molecular weight is 455 g/mol. The Bertz CT molecular complexity index is 1200. The van der Waals surface area contributed by atoms with Crippen molar-refractivity contribution in [1.82, 2.24) is 5.32 Å². The van der Waals surface area contributed by atoms with Gasteiger partial charge in [0.15, 0.2) is 0 Å². The minimum atomic E-state index is -0.931. The van der Waals surface area contributed by atoms with E-state index in [0.29, 0.717) is 5.56 Å². The van der Waals surface area contributed by atoms with Crippen molar-refractivity contribution in [2.45, 2.75) is 37.8 Å². The SMILES string of the molecule is CC(C)(C(=O)O)c1cccc(CCN[C@H](c2ccccc2)[C@H]2CNc3cccc(C#N)c3N2)c1. The van der Waals surface area contributed by atoms with Gasteiger partial charge in [-0.15, -0.1) is 0 Å². The summed E-state index contributed by atoms with van der Waals surface area (Å²) in [5.41, 5.74) is 4.54. The van der Waals surface area contributed by atoms with Crippen LogP contribution in [0.15, 0.2) is 72.8 Å². The van der Waals surface area contributed by atoms with E-state index >= 15 is 0 Å². The molecule has 2 atom stereocenters. The Morgan fingerprint density at radius 1 is 1.15 bits per heavy atom. The minimum Gasteiger partial charge on any atom is -0.481 e. The van der Waals surface area contributed by atoms with E-state index in [9.17, 15) is 15.2 Å². The average Bonchev–Trinajstić information content (AvgIpc) is 2.86. The van der Waals surface area contributed by atoms with Crippen LogP contribution in [-0.4, -0.2) is 30.2 Å². The predicted molar refractivity (Wildman–Crippen MR) is 135 cm³/mol. The van der Waals surface area contributed by atoms with Gasteiger partial charge in [0.25, 0.3) is 0 Å². The standard InChI is InChI=1S/C28H30N4O2/c1-28(2,27(33)34)22-12-6-8-19(16-22)14-15-30-25(20-9-4-3-5-10-20)24-18-31-23-13-7-11-21(17-29)26(23)32-24/h3-13,16,24-25,30-32H,14-15,18H2,1-2H3,(H,33,34)/t24-,25-/m1/s1. The summed E-state index contributed by atoms with van der Waals surface area (Å²) in [7, 11) is 0. The first kappa shape index (κ1) is 23.3. The fraction of sp³-hybridized carbons (Fsp3) is 0.286. The van der Waals surface area contributed by atoms with Gasteiger partial charge >= 0.3 is 5.97 Å². The summed E-state index contributed by atoms with van der Waals surface area (Å²) in [6.45, 7) is 4.90. The van der Waals surface area contributed by atoms with Crippen LogP contribution in [0.1, 0.15) is 42.1 Å². The van der Waals surface area contributed by atoms with Crippen LogP contribution < -0.4 is 16.0 Å². The molecule has 0 saturated carbocycles. The number of carboxylic acids is 1. The molecule has 0 saturated heterocycles. The molecule has 4 N–H and O–H groups in total. The fourth-order valence-electron chi connectivity index (χ4n) is 4.37. The molecule has 3 aromatic carbocycles. The van der Waals surface area contributed by atoms with E-state index in [4.69, 9.17) is 0 Å². The maximum Gasteiger partial charge on any atom is 0.313 e. The lowest BCUT2D eigenvalue weighted by atomic mass is 9.84. The van der Waals surface area contributed by atoms with E-state index in [1.165, 1.54) is 5.56 Å². The fourth-order valence-corrected chi connectivity index (χ4v) is 4.37. The number of nitriles is 1. The van der Waals surface area contributed by atoms with Crippen LogP contribution in [-0.2, 0) is 16.6 Å². The second-order valence-corrected chi connectivity index (χ2v) is 9.19. The number of carboxylic acid groups (broad SMARTS) is 1. The largest absolute Gasteiger partial charge is 0.481 e. The van der Waals surface area contributed by atoms with E-state index in [2.05, 4.69) is 34.2 Å². The van der Waals surface area contributed by atoms with Crippen molar-refractivity contribution < 1.29 is 9.90 Å². The number of rotatable bonds is 8. The van der Waals surface area contributed by atoms with Crippen LogP contribution in [0, 0.1) is 11.3 Å². The highest BCUT2D eigenvalue weighted by molar-refractivity contribution is 5.80. The van der Waals surface area contributed by atoms with Crippen molar-refractivity contribution in [2.24, 2.45) is 0 Å². The molecule has 0 aliphatic carbocycles. The lowest BCUT2D eigenvalue weighted by Crippen LogP contribution is -2.44. The van der Waals surface area contributed by atoms with Gasteiger partial charge in [-0.2, -0.15) is 5.26 Å². The predicted octanol–water partition coefficient (Wildman–Crippen LogP) is 4.70. The number of hydrogen-bond donors (Lipinski definition) is 4. The summed E-state index contributed by atoms with van der Waals surface area (Å²) in [5, 5.41) is 29.9. The number of fused-ring (bicyclic) bond motifs is 1. The Hall–Kier alpha value is -3.82. The number of carbonyl (C=O) groups is 1. The van der Waals surface area contributed by atoms with Crippen molar-refractivity contribution in [1.29, 1.82) is 5.26 Å². The Morgan fingerprint density at radius 2 is 1.91 bits per heavy atom. The van der Waals surface area contributed by atoms with Crippen LogP contribution in [0.5, 0.6) is 0 Å².